The minimum absolute atomic E-state index is 0.292. The molecule has 25 heavy (non-hydrogen) atoms. The molecule has 5 nitrogen and oxygen atoms in total. The predicted molar refractivity (Wildman–Crippen MR) is 92.6 cm³/mol. The molecule has 2 aromatic heterocycles. The van der Waals surface area contributed by atoms with Crippen LogP contribution in [0, 0.1) is 5.82 Å². The molecule has 0 radical (unpaired) electrons. The molecule has 0 fully saturated rings. The molecule has 0 unspecified atom stereocenters. The first-order chi connectivity index (χ1) is 12.2. The molecule has 0 aliphatic rings. The number of ether oxygens (including phenoxy) is 1. The standard InChI is InChI=1S/C19H14FN3O2/c20-14-4-8-17(9-5-14)25-19-11-7-16(13-22-19)23-18(24)10-6-15-3-1-2-12-21-15/h1-13H,(H,23,24)/b10-6+. The van der Waals surface area contributed by atoms with Crippen molar-refractivity contribution in [2.45, 2.75) is 0 Å². The fraction of sp³-hybridized carbons (Fsp3) is 0. The number of nitrogens with zero attached hydrogens (tertiary/aromatic N) is 2. The Labute approximate surface area is 143 Å². The van der Waals surface area contributed by atoms with E-state index < -0.39 is 0 Å². The van der Waals surface area contributed by atoms with Crippen molar-refractivity contribution in [3.8, 4) is 11.6 Å². The van der Waals surface area contributed by atoms with Gasteiger partial charge in [-0.3, -0.25) is 9.78 Å². The predicted octanol–water partition coefficient (Wildman–Crippen LogP) is 4.06. The van der Waals surface area contributed by atoms with Gasteiger partial charge in [0, 0.05) is 18.3 Å². The Morgan fingerprint density at radius 1 is 1.04 bits per heavy atom. The minimum Gasteiger partial charge on any atom is -0.439 e. The van der Waals surface area contributed by atoms with E-state index in [1.807, 2.05) is 6.07 Å². The molecule has 3 rings (SSSR count). The van der Waals surface area contributed by atoms with Gasteiger partial charge >= 0.3 is 0 Å². The molecule has 6 heteroatoms. The number of benzene rings is 1. The van der Waals surface area contributed by atoms with E-state index in [0.29, 0.717) is 23.0 Å². The van der Waals surface area contributed by atoms with Crippen LogP contribution in [0.25, 0.3) is 6.08 Å². The van der Waals surface area contributed by atoms with E-state index in [1.54, 1.807) is 36.5 Å². The second-order valence-electron chi connectivity index (χ2n) is 5.02. The van der Waals surface area contributed by atoms with E-state index in [9.17, 15) is 9.18 Å². The van der Waals surface area contributed by atoms with Gasteiger partial charge in [-0.25, -0.2) is 9.37 Å². The molecule has 0 atom stereocenters. The first-order valence-corrected chi connectivity index (χ1v) is 7.49. The summed E-state index contributed by atoms with van der Waals surface area (Å²) in [4.78, 5) is 20.1. The van der Waals surface area contributed by atoms with Crippen molar-refractivity contribution in [3.05, 3.63) is 84.6 Å². The van der Waals surface area contributed by atoms with Crippen LogP contribution in [0.4, 0.5) is 10.1 Å². The molecule has 0 saturated carbocycles. The zero-order chi connectivity index (χ0) is 17.5. The third kappa shape index (κ3) is 4.97. The van der Waals surface area contributed by atoms with Crippen LogP contribution in [0.1, 0.15) is 5.69 Å². The number of aromatic nitrogens is 2. The third-order valence-corrected chi connectivity index (χ3v) is 3.13. The Balaban J connectivity index is 1.57. The molecule has 1 N–H and O–H groups in total. The van der Waals surface area contributed by atoms with Crippen molar-refractivity contribution in [3.63, 3.8) is 0 Å². The Kier molecular flexibility index (Phi) is 5.11. The van der Waals surface area contributed by atoms with Crippen LogP contribution in [-0.2, 0) is 4.79 Å². The van der Waals surface area contributed by atoms with Crippen molar-refractivity contribution in [1.29, 1.82) is 0 Å². The van der Waals surface area contributed by atoms with Crippen LogP contribution in [0.15, 0.2) is 73.1 Å². The first kappa shape index (κ1) is 16.3. The molecular formula is C19H14FN3O2. The number of carbonyl (C=O) groups is 1. The van der Waals surface area contributed by atoms with Gasteiger partial charge in [0.1, 0.15) is 11.6 Å². The Morgan fingerprint density at radius 2 is 1.88 bits per heavy atom. The maximum absolute atomic E-state index is 12.9. The van der Waals surface area contributed by atoms with Gasteiger partial charge in [-0.15, -0.1) is 0 Å². The van der Waals surface area contributed by atoms with Gasteiger partial charge in [-0.05, 0) is 48.5 Å². The van der Waals surface area contributed by atoms with Crippen LogP contribution in [0.5, 0.6) is 11.6 Å². The molecule has 0 spiro atoms. The minimum atomic E-state index is -0.336. The summed E-state index contributed by atoms with van der Waals surface area (Å²) in [6.07, 6.45) is 6.15. The zero-order valence-corrected chi connectivity index (χ0v) is 13.1. The van der Waals surface area contributed by atoms with E-state index in [-0.39, 0.29) is 11.7 Å². The van der Waals surface area contributed by atoms with Gasteiger partial charge in [0.15, 0.2) is 0 Å². The van der Waals surface area contributed by atoms with Crippen molar-refractivity contribution in [2.24, 2.45) is 0 Å². The molecule has 0 aliphatic carbocycles. The molecule has 1 amide bonds. The molecule has 2 heterocycles. The summed E-state index contributed by atoms with van der Waals surface area (Å²) in [7, 11) is 0. The van der Waals surface area contributed by atoms with Gasteiger partial charge in [0.25, 0.3) is 0 Å². The maximum Gasteiger partial charge on any atom is 0.248 e. The number of carbonyl (C=O) groups excluding carboxylic acids is 1. The van der Waals surface area contributed by atoms with Crippen LogP contribution in [-0.4, -0.2) is 15.9 Å². The summed E-state index contributed by atoms with van der Waals surface area (Å²) in [6, 6.07) is 14.3. The van der Waals surface area contributed by atoms with Crippen LogP contribution >= 0.6 is 0 Å². The number of hydrogen-bond acceptors (Lipinski definition) is 4. The highest BCUT2D eigenvalue weighted by molar-refractivity contribution is 6.01. The lowest BCUT2D eigenvalue weighted by atomic mass is 10.3. The van der Waals surface area contributed by atoms with Gasteiger partial charge < -0.3 is 10.1 Å². The number of halogens is 1. The summed E-state index contributed by atoms with van der Waals surface area (Å²) in [5.74, 6) is 0.189. The number of rotatable bonds is 5. The van der Waals surface area contributed by atoms with Gasteiger partial charge in [0.05, 0.1) is 17.6 Å². The van der Waals surface area contributed by atoms with E-state index in [2.05, 4.69) is 15.3 Å². The normalized spacial score (nSPS) is 10.6. The van der Waals surface area contributed by atoms with Crippen LogP contribution in [0.3, 0.4) is 0 Å². The lowest BCUT2D eigenvalue weighted by Gasteiger charge is -2.06. The fourth-order valence-electron chi connectivity index (χ4n) is 1.96. The largest absolute Gasteiger partial charge is 0.439 e. The summed E-state index contributed by atoms with van der Waals surface area (Å²) in [6.45, 7) is 0. The lowest BCUT2D eigenvalue weighted by Crippen LogP contribution is -2.08. The molecule has 1 aromatic carbocycles. The average Bonchev–Trinajstić information content (AvgIpc) is 2.64. The summed E-state index contributed by atoms with van der Waals surface area (Å²) < 4.78 is 18.3. The topological polar surface area (TPSA) is 64.1 Å². The lowest BCUT2D eigenvalue weighted by molar-refractivity contribution is -0.111. The molecule has 0 aliphatic heterocycles. The van der Waals surface area contributed by atoms with Gasteiger partial charge in [-0.2, -0.15) is 0 Å². The summed E-state index contributed by atoms with van der Waals surface area (Å²) in [5.41, 5.74) is 1.22. The highest BCUT2D eigenvalue weighted by Crippen LogP contribution is 2.20. The van der Waals surface area contributed by atoms with Crippen molar-refractivity contribution < 1.29 is 13.9 Å². The van der Waals surface area contributed by atoms with Crippen molar-refractivity contribution in [1.82, 2.24) is 9.97 Å². The number of nitrogens with one attached hydrogen (secondary N) is 1. The first-order valence-electron chi connectivity index (χ1n) is 7.49. The second-order valence-corrected chi connectivity index (χ2v) is 5.02. The molecule has 0 bridgehead atoms. The zero-order valence-electron chi connectivity index (χ0n) is 13.1. The monoisotopic (exact) mass is 335 g/mol. The number of anilines is 1. The summed E-state index contributed by atoms with van der Waals surface area (Å²) >= 11 is 0. The number of hydrogen-bond donors (Lipinski definition) is 1. The third-order valence-electron chi connectivity index (χ3n) is 3.13. The Hall–Kier alpha value is -3.54. The van der Waals surface area contributed by atoms with E-state index in [1.165, 1.54) is 36.5 Å². The van der Waals surface area contributed by atoms with Gasteiger partial charge in [-0.1, -0.05) is 6.07 Å². The van der Waals surface area contributed by atoms with E-state index in [4.69, 9.17) is 4.74 Å². The molecule has 0 saturated heterocycles. The highest BCUT2D eigenvalue weighted by Gasteiger charge is 2.02. The second kappa shape index (κ2) is 7.83. The SMILES string of the molecule is O=C(/C=C/c1ccccn1)Nc1ccc(Oc2ccc(F)cc2)nc1. The molecular weight excluding hydrogens is 321 g/mol. The molecule has 3 aromatic rings. The maximum atomic E-state index is 12.9. The smallest absolute Gasteiger partial charge is 0.248 e. The van der Waals surface area contributed by atoms with Crippen molar-refractivity contribution in [2.75, 3.05) is 5.32 Å². The van der Waals surface area contributed by atoms with Gasteiger partial charge in [0.2, 0.25) is 11.8 Å². The quantitative estimate of drug-likeness (QED) is 0.714. The number of pyridine rings is 2. The fourth-order valence-corrected chi connectivity index (χ4v) is 1.96. The number of amides is 1. The molecule has 124 valence electrons. The Morgan fingerprint density at radius 3 is 2.56 bits per heavy atom. The summed E-state index contributed by atoms with van der Waals surface area (Å²) in [5, 5.41) is 2.69. The van der Waals surface area contributed by atoms with Crippen LogP contribution < -0.4 is 10.1 Å². The van der Waals surface area contributed by atoms with E-state index in [0.717, 1.165) is 0 Å². The van der Waals surface area contributed by atoms with E-state index >= 15 is 0 Å². The van der Waals surface area contributed by atoms with Crippen LogP contribution in [0.2, 0.25) is 0 Å². The van der Waals surface area contributed by atoms with Crippen molar-refractivity contribution >= 4 is 17.7 Å². The highest BCUT2D eigenvalue weighted by atomic mass is 19.1. The average molecular weight is 335 g/mol. The Bertz CT molecular complexity index is 863.